The molecule has 0 bridgehead atoms. The molecule has 0 spiro atoms. The van der Waals surface area contributed by atoms with Crippen molar-refractivity contribution in [2.75, 3.05) is 11.5 Å². The first-order chi connectivity index (χ1) is 7.16. The lowest BCUT2D eigenvalue weighted by molar-refractivity contribution is 0.335. The normalized spacial score (nSPS) is 21.2. The number of rotatable bonds is 1. The highest BCUT2D eigenvalue weighted by molar-refractivity contribution is 7.87. The van der Waals surface area contributed by atoms with Crippen molar-refractivity contribution in [3.8, 4) is 0 Å². The Balaban J connectivity index is 2.05. The molecule has 82 valence electrons. The molecule has 0 amide bonds. The average molecular weight is 221 g/mol. The van der Waals surface area contributed by atoms with Crippen LogP contribution in [0, 0.1) is 5.41 Å². The maximum atomic E-state index is 4.81. The van der Waals surface area contributed by atoms with Crippen molar-refractivity contribution < 1.29 is 0 Å². The van der Waals surface area contributed by atoms with E-state index in [2.05, 4.69) is 38.1 Å². The Bertz CT molecular complexity index is 342. The van der Waals surface area contributed by atoms with Crippen LogP contribution in [0.2, 0.25) is 0 Å². The van der Waals surface area contributed by atoms with E-state index in [4.69, 9.17) is 4.36 Å². The third kappa shape index (κ3) is 3.16. The van der Waals surface area contributed by atoms with Crippen LogP contribution < -0.4 is 0 Å². The molecule has 0 aliphatic carbocycles. The maximum Gasteiger partial charge on any atom is 0.0703 e. The van der Waals surface area contributed by atoms with Gasteiger partial charge in [-0.15, -0.1) is 0 Å². The van der Waals surface area contributed by atoms with Crippen molar-refractivity contribution >= 4 is 16.4 Å². The molecule has 0 aromatic heterocycles. The summed E-state index contributed by atoms with van der Waals surface area (Å²) in [6, 6.07) is 10.4. The van der Waals surface area contributed by atoms with E-state index in [1.165, 1.54) is 24.3 Å². The van der Waals surface area contributed by atoms with Crippen LogP contribution in [-0.2, 0) is 10.7 Å². The zero-order chi connectivity index (χ0) is 10.7. The van der Waals surface area contributed by atoms with Crippen molar-refractivity contribution in [3.05, 3.63) is 30.3 Å². The van der Waals surface area contributed by atoms with Gasteiger partial charge >= 0.3 is 0 Å². The summed E-state index contributed by atoms with van der Waals surface area (Å²) in [6.07, 6.45) is 2.65. The number of nitrogens with zero attached hydrogens (tertiary/aromatic N) is 1. The molecule has 1 aliphatic heterocycles. The maximum absolute atomic E-state index is 4.81. The molecule has 0 N–H and O–H groups in total. The summed E-state index contributed by atoms with van der Waals surface area (Å²) < 4.78 is 4.81. The fraction of sp³-hybridized carbons (Fsp3) is 0.538. The third-order valence-electron chi connectivity index (χ3n) is 3.02. The molecule has 2 heteroatoms. The van der Waals surface area contributed by atoms with Crippen molar-refractivity contribution in [2.45, 2.75) is 26.7 Å². The molecule has 2 rings (SSSR count). The smallest absolute Gasteiger partial charge is 0.0703 e. The summed E-state index contributed by atoms with van der Waals surface area (Å²) in [5.41, 5.74) is 1.70. The topological polar surface area (TPSA) is 12.4 Å². The molecule has 1 aromatic carbocycles. The lowest BCUT2D eigenvalue weighted by Gasteiger charge is -2.30. The highest BCUT2D eigenvalue weighted by atomic mass is 32.2. The van der Waals surface area contributed by atoms with Gasteiger partial charge in [-0.3, -0.25) is 0 Å². The van der Waals surface area contributed by atoms with Gasteiger partial charge in [-0.2, -0.15) is 0 Å². The molecule has 1 saturated heterocycles. The standard InChI is InChI=1S/C13H19NS/c1-13(2)8-10-15(11-9-13)14-12-6-4-3-5-7-12/h3-7H,8-11H2,1-2H3. The molecule has 0 saturated carbocycles. The van der Waals surface area contributed by atoms with E-state index >= 15 is 0 Å². The summed E-state index contributed by atoms with van der Waals surface area (Å²) in [5.74, 6) is 2.56. The molecule has 15 heavy (non-hydrogen) atoms. The van der Waals surface area contributed by atoms with E-state index in [0.29, 0.717) is 5.41 Å². The van der Waals surface area contributed by atoms with E-state index in [1.54, 1.807) is 0 Å². The SMILES string of the molecule is CC1(C)CCS(=Nc2ccccc2)CC1. The summed E-state index contributed by atoms with van der Waals surface area (Å²) in [6.45, 7) is 4.74. The van der Waals surface area contributed by atoms with E-state index in [1.807, 2.05) is 6.07 Å². The van der Waals surface area contributed by atoms with Gasteiger partial charge in [0.1, 0.15) is 0 Å². The Labute approximate surface area is 95.0 Å². The first-order valence-corrected chi connectivity index (χ1v) is 7.12. The molecule has 1 fully saturated rings. The summed E-state index contributed by atoms with van der Waals surface area (Å²) in [5, 5.41) is 0. The lowest BCUT2D eigenvalue weighted by atomic mass is 9.87. The Hall–Kier alpha value is -0.630. The summed E-state index contributed by atoms with van der Waals surface area (Å²) >= 11 is 0. The van der Waals surface area contributed by atoms with Crippen molar-refractivity contribution in [2.24, 2.45) is 9.78 Å². The molecular formula is C13H19NS. The quantitative estimate of drug-likeness (QED) is 0.681. The zero-order valence-electron chi connectivity index (χ0n) is 9.57. The second-order valence-electron chi connectivity index (χ2n) is 4.96. The van der Waals surface area contributed by atoms with Crippen LogP contribution in [0.15, 0.2) is 34.7 Å². The Morgan fingerprint density at radius 1 is 1.07 bits per heavy atom. The number of hydrogen-bond donors (Lipinski definition) is 0. The van der Waals surface area contributed by atoms with Gasteiger partial charge in [-0.25, -0.2) is 4.36 Å². The highest BCUT2D eigenvalue weighted by Crippen LogP contribution is 2.31. The minimum Gasteiger partial charge on any atom is -0.228 e. The van der Waals surface area contributed by atoms with Gasteiger partial charge in [0.25, 0.3) is 0 Å². The number of hydrogen-bond acceptors (Lipinski definition) is 1. The molecule has 1 aromatic rings. The molecule has 1 heterocycles. The van der Waals surface area contributed by atoms with Gasteiger partial charge < -0.3 is 0 Å². The predicted molar refractivity (Wildman–Crippen MR) is 68.6 cm³/mol. The largest absolute Gasteiger partial charge is 0.228 e. The van der Waals surface area contributed by atoms with Crippen molar-refractivity contribution in [1.29, 1.82) is 0 Å². The van der Waals surface area contributed by atoms with Crippen molar-refractivity contribution in [3.63, 3.8) is 0 Å². The van der Waals surface area contributed by atoms with Gasteiger partial charge in [0, 0.05) is 11.5 Å². The van der Waals surface area contributed by atoms with Crippen LogP contribution in [0.4, 0.5) is 5.69 Å². The van der Waals surface area contributed by atoms with Crippen LogP contribution >= 0.6 is 0 Å². The van der Waals surface area contributed by atoms with Crippen LogP contribution in [0.3, 0.4) is 0 Å². The molecule has 1 nitrogen and oxygen atoms in total. The first-order valence-electron chi connectivity index (χ1n) is 5.60. The van der Waals surface area contributed by atoms with E-state index in [-0.39, 0.29) is 10.7 Å². The first kappa shape index (κ1) is 10.9. The molecule has 0 radical (unpaired) electrons. The third-order valence-corrected chi connectivity index (χ3v) is 4.84. The fourth-order valence-corrected chi connectivity index (χ4v) is 4.13. The van der Waals surface area contributed by atoms with Crippen LogP contribution in [-0.4, -0.2) is 11.5 Å². The van der Waals surface area contributed by atoms with Crippen LogP contribution in [0.1, 0.15) is 26.7 Å². The minimum atomic E-state index is 0.283. The van der Waals surface area contributed by atoms with E-state index in [0.717, 1.165) is 5.69 Å². The number of benzene rings is 1. The van der Waals surface area contributed by atoms with Gasteiger partial charge in [-0.1, -0.05) is 42.7 Å². The Morgan fingerprint density at radius 2 is 1.67 bits per heavy atom. The molecule has 1 aliphatic rings. The Morgan fingerprint density at radius 3 is 2.27 bits per heavy atom. The Kier molecular flexibility index (Phi) is 3.25. The second kappa shape index (κ2) is 4.48. The zero-order valence-corrected chi connectivity index (χ0v) is 10.4. The van der Waals surface area contributed by atoms with Crippen LogP contribution in [0.25, 0.3) is 0 Å². The molecule has 0 atom stereocenters. The minimum absolute atomic E-state index is 0.283. The van der Waals surface area contributed by atoms with Crippen molar-refractivity contribution in [1.82, 2.24) is 0 Å². The highest BCUT2D eigenvalue weighted by Gasteiger charge is 2.23. The fourth-order valence-electron chi connectivity index (χ4n) is 1.74. The van der Waals surface area contributed by atoms with Gasteiger partial charge in [0.05, 0.1) is 5.69 Å². The van der Waals surface area contributed by atoms with Gasteiger partial charge in [0.2, 0.25) is 0 Å². The summed E-state index contributed by atoms with van der Waals surface area (Å²) in [4.78, 5) is 0. The van der Waals surface area contributed by atoms with Gasteiger partial charge in [0.15, 0.2) is 0 Å². The lowest BCUT2D eigenvalue weighted by Crippen LogP contribution is -2.24. The monoisotopic (exact) mass is 221 g/mol. The van der Waals surface area contributed by atoms with Crippen LogP contribution in [0.5, 0.6) is 0 Å². The molecular weight excluding hydrogens is 202 g/mol. The predicted octanol–water partition coefficient (Wildman–Crippen LogP) is 3.94. The van der Waals surface area contributed by atoms with E-state index in [9.17, 15) is 0 Å². The van der Waals surface area contributed by atoms with E-state index < -0.39 is 0 Å². The molecule has 0 unspecified atom stereocenters. The second-order valence-corrected chi connectivity index (χ2v) is 6.89. The summed E-state index contributed by atoms with van der Waals surface area (Å²) in [7, 11) is 0.283. The average Bonchev–Trinajstić information content (AvgIpc) is 2.23. The van der Waals surface area contributed by atoms with Gasteiger partial charge in [-0.05, 0) is 30.4 Å².